The third-order valence-electron chi connectivity index (χ3n) is 5.27. The zero-order valence-electron chi connectivity index (χ0n) is 15.3. The van der Waals surface area contributed by atoms with E-state index < -0.39 is 0 Å². The number of nitrogens with zero attached hydrogens (tertiary/aromatic N) is 3. The van der Waals surface area contributed by atoms with Crippen LogP contribution in [0.1, 0.15) is 41.1 Å². The van der Waals surface area contributed by atoms with E-state index in [1.807, 2.05) is 29.2 Å². The van der Waals surface area contributed by atoms with E-state index in [0.717, 1.165) is 43.6 Å². The molecule has 0 N–H and O–H groups in total. The van der Waals surface area contributed by atoms with E-state index in [1.54, 1.807) is 18.6 Å². The molecule has 3 heterocycles. The van der Waals surface area contributed by atoms with Crippen molar-refractivity contribution in [2.24, 2.45) is 0 Å². The van der Waals surface area contributed by atoms with Gasteiger partial charge in [0.25, 0.3) is 5.91 Å². The monoisotopic (exact) mass is 357 g/mol. The SMILES string of the molecule is O=C(c1ccc(-c2ccncc2)nc1)N1CCC[C@H](c2ccccc2)CC1. The van der Waals surface area contributed by atoms with Crippen LogP contribution in [-0.4, -0.2) is 33.9 Å². The van der Waals surface area contributed by atoms with Gasteiger partial charge in [-0.05, 0) is 55.0 Å². The number of carbonyl (C=O) groups excluding carboxylic acids is 1. The highest BCUT2D eigenvalue weighted by Gasteiger charge is 2.22. The Labute approximate surface area is 159 Å². The van der Waals surface area contributed by atoms with Gasteiger partial charge in [0.1, 0.15) is 0 Å². The van der Waals surface area contributed by atoms with Crippen LogP contribution in [0.3, 0.4) is 0 Å². The fourth-order valence-electron chi connectivity index (χ4n) is 3.75. The molecule has 1 aromatic carbocycles. The van der Waals surface area contributed by atoms with Crippen LogP contribution in [0.25, 0.3) is 11.3 Å². The maximum absolute atomic E-state index is 12.9. The quantitative estimate of drug-likeness (QED) is 0.691. The van der Waals surface area contributed by atoms with Crippen molar-refractivity contribution < 1.29 is 4.79 Å². The number of aromatic nitrogens is 2. The average molecular weight is 357 g/mol. The van der Waals surface area contributed by atoms with Gasteiger partial charge in [0.2, 0.25) is 0 Å². The Bertz CT molecular complexity index is 879. The molecular formula is C23H23N3O. The van der Waals surface area contributed by atoms with E-state index in [0.29, 0.717) is 11.5 Å². The minimum absolute atomic E-state index is 0.0810. The van der Waals surface area contributed by atoms with Crippen LogP contribution in [0, 0.1) is 0 Å². The Kier molecular flexibility index (Phi) is 5.24. The van der Waals surface area contributed by atoms with Crippen molar-refractivity contribution in [3.05, 3.63) is 84.3 Å². The van der Waals surface area contributed by atoms with Gasteiger partial charge in [-0.15, -0.1) is 0 Å². The highest BCUT2D eigenvalue weighted by molar-refractivity contribution is 5.94. The first kappa shape index (κ1) is 17.4. The van der Waals surface area contributed by atoms with Gasteiger partial charge in [0.05, 0.1) is 11.3 Å². The summed E-state index contributed by atoms with van der Waals surface area (Å²) in [5.74, 6) is 0.619. The van der Waals surface area contributed by atoms with Gasteiger partial charge in [-0.25, -0.2) is 0 Å². The van der Waals surface area contributed by atoms with Gasteiger partial charge >= 0.3 is 0 Å². The van der Waals surface area contributed by atoms with Crippen molar-refractivity contribution in [3.8, 4) is 11.3 Å². The summed E-state index contributed by atoms with van der Waals surface area (Å²) in [6.45, 7) is 1.61. The van der Waals surface area contributed by atoms with E-state index in [9.17, 15) is 4.79 Å². The molecule has 1 aliphatic heterocycles. The second-order valence-corrected chi connectivity index (χ2v) is 7.00. The van der Waals surface area contributed by atoms with E-state index in [-0.39, 0.29) is 5.91 Å². The summed E-state index contributed by atoms with van der Waals surface area (Å²) in [4.78, 5) is 23.4. The fourth-order valence-corrected chi connectivity index (χ4v) is 3.75. The third-order valence-corrected chi connectivity index (χ3v) is 5.27. The molecule has 3 aromatic rings. The maximum Gasteiger partial charge on any atom is 0.255 e. The summed E-state index contributed by atoms with van der Waals surface area (Å²) in [6.07, 6.45) is 8.36. The van der Waals surface area contributed by atoms with Crippen molar-refractivity contribution in [1.82, 2.24) is 14.9 Å². The molecule has 1 saturated heterocycles. The van der Waals surface area contributed by atoms with Gasteiger partial charge in [-0.3, -0.25) is 14.8 Å². The molecule has 0 radical (unpaired) electrons. The summed E-state index contributed by atoms with van der Waals surface area (Å²) >= 11 is 0. The molecule has 136 valence electrons. The first-order valence-electron chi connectivity index (χ1n) is 9.52. The van der Waals surface area contributed by atoms with E-state index in [1.165, 1.54) is 5.56 Å². The van der Waals surface area contributed by atoms with Crippen LogP contribution in [0.2, 0.25) is 0 Å². The van der Waals surface area contributed by atoms with E-state index >= 15 is 0 Å². The minimum Gasteiger partial charge on any atom is -0.339 e. The van der Waals surface area contributed by atoms with Crippen LogP contribution < -0.4 is 0 Å². The molecule has 27 heavy (non-hydrogen) atoms. The predicted molar refractivity (Wildman–Crippen MR) is 106 cm³/mol. The zero-order valence-corrected chi connectivity index (χ0v) is 15.3. The van der Waals surface area contributed by atoms with Gasteiger partial charge in [0.15, 0.2) is 0 Å². The summed E-state index contributed by atoms with van der Waals surface area (Å²) in [5, 5.41) is 0. The Morgan fingerprint density at radius 2 is 1.74 bits per heavy atom. The molecule has 2 aromatic heterocycles. The largest absolute Gasteiger partial charge is 0.339 e. The summed E-state index contributed by atoms with van der Waals surface area (Å²) < 4.78 is 0. The number of pyridine rings is 2. The van der Waals surface area contributed by atoms with Gasteiger partial charge < -0.3 is 4.90 Å². The number of likely N-dealkylation sites (tertiary alicyclic amines) is 1. The lowest BCUT2D eigenvalue weighted by Gasteiger charge is -2.21. The third kappa shape index (κ3) is 4.05. The molecule has 1 aliphatic rings. The zero-order chi connectivity index (χ0) is 18.5. The minimum atomic E-state index is 0.0810. The molecule has 4 rings (SSSR count). The lowest BCUT2D eigenvalue weighted by molar-refractivity contribution is 0.0760. The van der Waals surface area contributed by atoms with Gasteiger partial charge in [-0.1, -0.05) is 30.3 Å². The average Bonchev–Trinajstić information content (AvgIpc) is 3.01. The van der Waals surface area contributed by atoms with Crippen LogP contribution in [-0.2, 0) is 0 Å². The van der Waals surface area contributed by atoms with Crippen molar-refractivity contribution in [2.45, 2.75) is 25.2 Å². The normalized spacial score (nSPS) is 17.3. The molecule has 0 spiro atoms. The first-order chi connectivity index (χ1) is 13.3. The second kappa shape index (κ2) is 8.12. The molecule has 0 bridgehead atoms. The van der Waals surface area contributed by atoms with Crippen LogP contribution >= 0.6 is 0 Å². The van der Waals surface area contributed by atoms with Crippen molar-refractivity contribution in [1.29, 1.82) is 0 Å². The number of hydrogen-bond donors (Lipinski definition) is 0. The Morgan fingerprint density at radius 3 is 2.48 bits per heavy atom. The molecule has 1 amide bonds. The molecular weight excluding hydrogens is 334 g/mol. The Morgan fingerprint density at radius 1 is 0.926 bits per heavy atom. The molecule has 0 saturated carbocycles. The summed E-state index contributed by atoms with van der Waals surface area (Å²) in [6, 6.07) is 18.3. The lowest BCUT2D eigenvalue weighted by Crippen LogP contribution is -2.32. The Balaban J connectivity index is 1.43. The van der Waals surface area contributed by atoms with E-state index in [2.05, 4.69) is 40.3 Å². The smallest absolute Gasteiger partial charge is 0.255 e. The predicted octanol–water partition coefficient (Wildman–Crippen LogP) is 4.55. The lowest BCUT2D eigenvalue weighted by atomic mass is 9.92. The number of carbonyl (C=O) groups is 1. The standard InChI is InChI=1S/C23H23N3O/c27-23(21-8-9-22(25-17-21)20-10-13-24-14-11-20)26-15-4-7-19(12-16-26)18-5-2-1-3-6-18/h1-3,5-6,8-11,13-14,17,19H,4,7,12,15-16H2/t19-/m0/s1. The second-order valence-electron chi connectivity index (χ2n) is 7.00. The first-order valence-corrected chi connectivity index (χ1v) is 9.52. The van der Waals surface area contributed by atoms with Crippen LogP contribution in [0.4, 0.5) is 0 Å². The maximum atomic E-state index is 12.9. The van der Waals surface area contributed by atoms with Crippen LogP contribution in [0.15, 0.2) is 73.2 Å². The molecule has 0 aliphatic carbocycles. The van der Waals surface area contributed by atoms with Gasteiger partial charge in [0, 0.05) is 37.2 Å². The summed E-state index contributed by atoms with van der Waals surface area (Å²) in [5.41, 5.74) is 3.90. The number of benzene rings is 1. The van der Waals surface area contributed by atoms with Crippen molar-refractivity contribution >= 4 is 5.91 Å². The van der Waals surface area contributed by atoms with E-state index in [4.69, 9.17) is 0 Å². The highest BCUT2D eigenvalue weighted by Crippen LogP contribution is 2.28. The highest BCUT2D eigenvalue weighted by atomic mass is 16.2. The van der Waals surface area contributed by atoms with Crippen LogP contribution in [0.5, 0.6) is 0 Å². The molecule has 1 atom stereocenters. The number of rotatable bonds is 3. The number of amides is 1. The molecule has 0 unspecified atom stereocenters. The molecule has 1 fully saturated rings. The fraction of sp³-hybridized carbons (Fsp3) is 0.261. The van der Waals surface area contributed by atoms with Crippen molar-refractivity contribution in [3.63, 3.8) is 0 Å². The molecule has 4 heteroatoms. The Hall–Kier alpha value is -3.01. The van der Waals surface area contributed by atoms with Gasteiger partial charge in [-0.2, -0.15) is 0 Å². The van der Waals surface area contributed by atoms with Crippen molar-refractivity contribution in [2.75, 3.05) is 13.1 Å². The topological polar surface area (TPSA) is 46.1 Å². The molecule has 4 nitrogen and oxygen atoms in total. The number of hydrogen-bond acceptors (Lipinski definition) is 3. The summed E-state index contributed by atoms with van der Waals surface area (Å²) in [7, 11) is 0.